The average Bonchev–Trinajstić information content (AvgIpc) is 2.58. The van der Waals surface area contributed by atoms with Crippen molar-refractivity contribution in [1.82, 2.24) is 5.32 Å². The van der Waals surface area contributed by atoms with Crippen molar-refractivity contribution in [2.75, 3.05) is 0 Å². The van der Waals surface area contributed by atoms with Crippen LogP contribution in [-0.2, 0) is 4.79 Å². The minimum atomic E-state index is -0.180. The van der Waals surface area contributed by atoms with Crippen molar-refractivity contribution >= 4 is 5.91 Å². The molecule has 3 heteroatoms. The van der Waals surface area contributed by atoms with Crippen molar-refractivity contribution in [2.45, 2.75) is 116 Å². The molecule has 142 valence electrons. The summed E-state index contributed by atoms with van der Waals surface area (Å²) in [5.74, 6) is 0.0991. The average molecular weight is 339 g/mol. The Labute approximate surface area is 150 Å². The summed E-state index contributed by atoms with van der Waals surface area (Å²) in [6.07, 6.45) is 22.6. The molecular weight excluding hydrogens is 296 g/mol. The summed E-state index contributed by atoms with van der Waals surface area (Å²) in [6, 6.07) is 0. The van der Waals surface area contributed by atoms with Gasteiger partial charge in [-0.2, -0.15) is 0 Å². The topological polar surface area (TPSA) is 55.1 Å². The van der Waals surface area contributed by atoms with E-state index in [-0.39, 0.29) is 12.1 Å². The molecule has 0 fully saturated rings. The number of rotatable bonds is 17. The van der Waals surface area contributed by atoms with E-state index in [2.05, 4.69) is 24.4 Å². The highest BCUT2D eigenvalue weighted by molar-refractivity contribution is 5.76. The monoisotopic (exact) mass is 338 g/mol. The van der Waals surface area contributed by atoms with E-state index in [0.717, 1.165) is 19.3 Å². The molecule has 1 unspecified atom stereocenters. The SMILES string of the molecule is CCCCCCCCC=CCCCCCCCC(=O)NC(N)CC. The molecule has 3 N–H and O–H groups in total. The zero-order valence-corrected chi connectivity index (χ0v) is 16.3. The Balaban J connectivity index is 3.22. The molecule has 3 nitrogen and oxygen atoms in total. The highest BCUT2D eigenvalue weighted by Crippen LogP contribution is 2.09. The number of nitrogens with two attached hydrogens (primary N) is 1. The number of carbonyl (C=O) groups excluding carboxylic acids is 1. The second kappa shape index (κ2) is 18.5. The summed E-state index contributed by atoms with van der Waals surface area (Å²) in [4.78, 5) is 11.5. The zero-order valence-electron chi connectivity index (χ0n) is 16.3. The Kier molecular flexibility index (Phi) is 17.9. The molecule has 0 heterocycles. The van der Waals surface area contributed by atoms with Crippen molar-refractivity contribution in [3.8, 4) is 0 Å². The van der Waals surface area contributed by atoms with E-state index in [1.165, 1.54) is 70.6 Å². The number of hydrogen-bond donors (Lipinski definition) is 2. The van der Waals surface area contributed by atoms with E-state index in [4.69, 9.17) is 5.73 Å². The van der Waals surface area contributed by atoms with Gasteiger partial charge in [0.15, 0.2) is 0 Å². The minimum absolute atomic E-state index is 0.0991. The van der Waals surface area contributed by atoms with Gasteiger partial charge in [-0.15, -0.1) is 0 Å². The first kappa shape index (κ1) is 23.2. The number of amides is 1. The first-order valence-electron chi connectivity index (χ1n) is 10.4. The van der Waals surface area contributed by atoms with Gasteiger partial charge in [-0.1, -0.05) is 77.4 Å². The first-order chi connectivity index (χ1) is 11.7. The lowest BCUT2D eigenvalue weighted by Crippen LogP contribution is -2.40. The Bertz CT molecular complexity index is 302. The van der Waals surface area contributed by atoms with Gasteiger partial charge < -0.3 is 11.1 Å². The lowest BCUT2D eigenvalue weighted by atomic mass is 10.1. The van der Waals surface area contributed by atoms with E-state index in [1.807, 2.05) is 6.92 Å². The standard InChI is InChI=1S/C21H42N2O/c1-3-5-6-7-8-9-10-11-12-13-14-15-16-17-18-19-21(24)23-20(22)4-2/h11-12,20H,3-10,13-19,22H2,1-2H3,(H,23,24). The molecule has 1 amide bonds. The van der Waals surface area contributed by atoms with Crippen LogP contribution < -0.4 is 11.1 Å². The molecule has 0 rings (SSSR count). The van der Waals surface area contributed by atoms with Gasteiger partial charge in [0, 0.05) is 6.42 Å². The Morgan fingerprint density at radius 2 is 1.33 bits per heavy atom. The van der Waals surface area contributed by atoms with Gasteiger partial charge in [-0.25, -0.2) is 0 Å². The smallest absolute Gasteiger partial charge is 0.221 e. The van der Waals surface area contributed by atoms with Crippen molar-refractivity contribution in [3.63, 3.8) is 0 Å². The summed E-state index contributed by atoms with van der Waals surface area (Å²) in [5.41, 5.74) is 5.69. The lowest BCUT2D eigenvalue weighted by Gasteiger charge is -2.10. The predicted molar refractivity (Wildman–Crippen MR) is 106 cm³/mol. The molecule has 0 saturated heterocycles. The van der Waals surface area contributed by atoms with Crippen LogP contribution in [0.25, 0.3) is 0 Å². The molecule has 0 saturated carbocycles. The molecule has 0 aromatic heterocycles. The number of unbranched alkanes of at least 4 members (excludes halogenated alkanes) is 11. The van der Waals surface area contributed by atoms with E-state index < -0.39 is 0 Å². The predicted octanol–water partition coefficient (Wildman–Crippen LogP) is 5.83. The van der Waals surface area contributed by atoms with Crippen LogP contribution in [0.5, 0.6) is 0 Å². The van der Waals surface area contributed by atoms with Crippen molar-refractivity contribution < 1.29 is 4.79 Å². The fourth-order valence-corrected chi connectivity index (χ4v) is 2.74. The zero-order chi connectivity index (χ0) is 17.9. The normalized spacial score (nSPS) is 12.6. The van der Waals surface area contributed by atoms with Crippen LogP contribution in [-0.4, -0.2) is 12.1 Å². The lowest BCUT2D eigenvalue weighted by molar-refractivity contribution is -0.121. The third kappa shape index (κ3) is 17.5. The van der Waals surface area contributed by atoms with E-state index in [9.17, 15) is 4.79 Å². The van der Waals surface area contributed by atoms with E-state index in [0.29, 0.717) is 6.42 Å². The van der Waals surface area contributed by atoms with Crippen LogP contribution in [0, 0.1) is 0 Å². The van der Waals surface area contributed by atoms with Gasteiger partial charge in [0.1, 0.15) is 0 Å². The van der Waals surface area contributed by atoms with E-state index >= 15 is 0 Å². The van der Waals surface area contributed by atoms with Gasteiger partial charge in [0.25, 0.3) is 0 Å². The molecule has 0 aromatic rings. The fraction of sp³-hybridized carbons (Fsp3) is 0.857. The highest BCUT2D eigenvalue weighted by atomic mass is 16.1. The maximum Gasteiger partial charge on any atom is 0.221 e. The number of allylic oxidation sites excluding steroid dienone is 2. The number of carbonyl (C=O) groups is 1. The molecule has 0 radical (unpaired) electrons. The number of nitrogens with one attached hydrogen (secondary N) is 1. The Morgan fingerprint density at radius 1 is 0.833 bits per heavy atom. The molecule has 1 atom stereocenters. The summed E-state index contributed by atoms with van der Waals surface area (Å²) in [7, 11) is 0. The van der Waals surface area contributed by atoms with E-state index in [1.54, 1.807) is 0 Å². The summed E-state index contributed by atoms with van der Waals surface area (Å²) >= 11 is 0. The molecule has 0 aromatic carbocycles. The van der Waals surface area contributed by atoms with Crippen LogP contribution in [0.1, 0.15) is 110 Å². The molecule has 0 spiro atoms. The molecular formula is C21H42N2O. The van der Waals surface area contributed by atoms with Gasteiger partial charge in [0.2, 0.25) is 5.91 Å². The molecule has 0 bridgehead atoms. The number of hydrogen-bond acceptors (Lipinski definition) is 2. The minimum Gasteiger partial charge on any atom is -0.341 e. The molecule has 0 aliphatic rings. The van der Waals surface area contributed by atoms with Crippen LogP contribution in [0.2, 0.25) is 0 Å². The van der Waals surface area contributed by atoms with Crippen LogP contribution in [0.3, 0.4) is 0 Å². The van der Waals surface area contributed by atoms with Gasteiger partial charge in [-0.05, 0) is 38.5 Å². The van der Waals surface area contributed by atoms with Crippen molar-refractivity contribution in [1.29, 1.82) is 0 Å². The summed E-state index contributed by atoms with van der Waals surface area (Å²) in [6.45, 7) is 4.25. The quantitative estimate of drug-likeness (QED) is 0.199. The summed E-state index contributed by atoms with van der Waals surface area (Å²) < 4.78 is 0. The molecule has 0 aliphatic carbocycles. The Hall–Kier alpha value is -0.830. The third-order valence-corrected chi connectivity index (χ3v) is 4.45. The second-order valence-corrected chi connectivity index (χ2v) is 6.92. The van der Waals surface area contributed by atoms with Crippen LogP contribution in [0.4, 0.5) is 0 Å². The van der Waals surface area contributed by atoms with Gasteiger partial charge in [-0.3, -0.25) is 4.79 Å². The second-order valence-electron chi connectivity index (χ2n) is 6.92. The maximum atomic E-state index is 11.5. The summed E-state index contributed by atoms with van der Waals surface area (Å²) in [5, 5.41) is 2.81. The largest absolute Gasteiger partial charge is 0.341 e. The van der Waals surface area contributed by atoms with Crippen LogP contribution in [0.15, 0.2) is 12.2 Å². The molecule has 0 aliphatic heterocycles. The maximum absolute atomic E-state index is 11.5. The van der Waals surface area contributed by atoms with Crippen LogP contribution >= 0.6 is 0 Å². The fourth-order valence-electron chi connectivity index (χ4n) is 2.74. The Morgan fingerprint density at radius 3 is 1.88 bits per heavy atom. The third-order valence-electron chi connectivity index (χ3n) is 4.45. The molecule has 24 heavy (non-hydrogen) atoms. The first-order valence-corrected chi connectivity index (χ1v) is 10.4. The van der Waals surface area contributed by atoms with Crippen molar-refractivity contribution in [2.24, 2.45) is 5.73 Å². The van der Waals surface area contributed by atoms with Crippen molar-refractivity contribution in [3.05, 3.63) is 12.2 Å². The van der Waals surface area contributed by atoms with Gasteiger partial charge >= 0.3 is 0 Å². The van der Waals surface area contributed by atoms with Gasteiger partial charge in [0.05, 0.1) is 6.17 Å². The highest BCUT2D eigenvalue weighted by Gasteiger charge is 2.04.